The summed E-state index contributed by atoms with van der Waals surface area (Å²) in [5, 5.41) is 12.2. The highest BCUT2D eigenvalue weighted by molar-refractivity contribution is 5.82. The van der Waals surface area contributed by atoms with Gasteiger partial charge in [-0.25, -0.2) is 0 Å². The molecule has 0 unspecified atom stereocenters. The minimum atomic E-state index is -0.0244. The third kappa shape index (κ3) is 4.30. The van der Waals surface area contributed by atoms with Gasteiger partial charge in [-0.05, 0) is 43.5 Å². The first-order valence-corrected chi connectivity index (χ1v) is 7.75. The second-order valence-electron chi connectivity index (χ2n) is 5.57. The third-order valence-electron chi connectivity index (χ3n) is 3.87. The topological polar surface area (TPSA) is 56.1 Å². The van der Waals surface area contributed by atoms with Gasteiger partial charge in [0, 0.05) is 13.1 Å². The number of carbonyl (C=O) groups excluding carboxylic acids is 1. The Balaban J connectivity index is 2.03. The van der Waals surface area contributed by atoms with Gasteiger partial charge in [-0.15, -0.1) is 0 Å². The molecule has 1 atom stereocenters. The van der Waals surface area contributed by atoms with E-state index < -0.39 is 0 Å². The van der Waals surface area contributed by atoms with Crippen molar-refractivity contribution in [3.8, 4) is 6.07 Å². The summed E-state index contributed by atoms with van der Waals surface area (Å²) in [5.41, 5.74) is 1.73. The Bertz CT molecular complexity index is 498. The van der Waals surface area contributed by atoms with E-state index in [1.54, 1.807) is 0 Å². The number of nitrogens with one attached hydrogen (secondary N) is 1. The van der Waals surface area contributed by atoms with E-state index in [9.17, 15) is 4.79 Å². The minimum Gasteiger partial charge on any atom is -0.337 e. The lowest BCUT2D eigenvalue weighted by Crippen LogP contribution is -2.48. The molecule has 4 nitrogen and oxygen atoms in total. The first kappa shape index (κ1) is 15.5. The van der Waals surface area contributed by atoms with Gasteiger partial charge in [-0.2, -0.15) is 5.26 Å². The molecular weight excluding hydrogens is 262 g/mol. The molecule has 1 amide bonds. The lowest BCUT2D eigenvalue weighted by Gasteiger charge is -2.30. The maximum Gasteiger partial charge on any atom is 0.240 e. The number of piperidine rings is 1. The smallest absolute Gasteiger partial charge is 0.240 e. The molecular formula is C17H23N3O. The van der Waals surface area contributed by atoms with Crippen LogP contribution in [0.15, 0.2) is 24.3 Å². The van der Waals surface area contributed by atoms with E-state index in [4.69, 9.17) is 5.26 Å². The molecule has 1 saturated heterocycles. The van der Waals surface area contributed by atoms with Gasteiger partial charge < -0.3 is 10.2 Å². The van der Waals surface area contributed by atoms with Crippen molar-refractivity contribution in [2.45, 2.75) is 45.2 Å². The highest BCUT2D eigenvalue weighted by Gasteiger charge is 2.25. The van der Waals surface area contributed by atoms with Crippen LogP contribution in [0.1, 0.15) is 43.7 Å². The van der Waals surface area contributed by atoms with Crippen molar-refractivity contribution in [3.63, 3.8) is 0 Å². The number of amides is 1. The number of nitrogens with zero attached hydrogens (tertiary/aromatic N) is 2. The molecule has 4 heteroatoms. The summed E-state index contributed by atoms with van der Waals surface area (Å²) in [4.78, 5) is 14.6. The molecule has 0 aromatic heterocycles. The van der Waals surface area contributed by atoms with E-state index in [0.29, 0.717) is 12.1 Å². The summed E-state index contributed by atoms with van der Waals surface area (Å²) in [7, 11) is 0. The highest BCUT2D eigenvalue weighted by atomic mass is 16.2. The van der Waals surface area contributed by atoms with Gasteiger partial charge in [0.05, 0.1) is 17.7 Å². The van der Waals surface area contributed by atoms with E-state index in [2.05, 4.69) is 18.3 Å². The summed E-state index contributed by atoms with van der Waals surface area (Å²) in [6.07, 6.45) is 4.18. The molecule has 112 valence electrons. The van der Waals surface area contributed by atoms with Crippen molar-refractivity contribution in [1.29, 1.82) is 5.26 Å². The van der Waals surface area contributed by atoms with Crippen molar-refractivity contribution >= 4 is 5.91 Å². The third-order valence-corrected chi connectivity index (χ3v) is 3.87. The van der Waals surface area contributed by atoms with Crippen LogP contribution in [0.5, 0.6) is 0 Å². The van der Waals surface area contributed by atoms with Gasteiger partial charge in [0.15, 0.2) is 0 Å². The van der Waals surface area contributed by atoms with Crippen molar-refractivity contribution in [3.05, 3.63) is 35.4 Å². The first-order valence-electron chi connectivity index (χ1n) is 7.75. The standard InChI is InChI=1S/C17H23N3O/c1-2-11-20(17(21)16-5-3-4-10-19-16)13-15-8-6-14(12-18)7-9-15/h6-9,16,19H,2-5,10-11,13H2,1H3/t16-/m0/s1. The summed E-state index contributed by atoms with van der Waals surface area (Å²) in [5.74, 6) is 0.209. The molecule has 0 radical (unpaired) electrons. The Morgan fingerprint density at radius 3 is 2.71 bits per heavy atom. The van der Waals surface area contributed by atoms with E-state index >= 15 is 0 Å². The van der Waals surface area contributed by atoms with Gasteiger partial charge in [0.25, 0.3) is 0 Å². The molecule has 1 fully saturated rings. The van der Waals surface area contributed by atoms with Crippen LogP contribution in [0.2, 0.25) is 0 Å². The molecule has 0 spiro atoms. The minimum absolute atomic E-state index is 0.0244. The van der Waals surface area contributed by atoms with Crippen LogP contribution in [-0.4, -0.2) is 29.9 Å². The zero-order chi connectivity index (χ0) is 15.1. The normalized spacial score (nSPS) is 18.0. The van der Waals surface area contributed by atoms with E-state index in [1.807, 2.05) is 29.2 Å². The van der Waals surface area contributed by atoms with Gasteiger partial charge >= 0.3 is 0 Å². The molecule has 1 heterocycles. The average molecular weight is 285 g/mol. The number of hydrogen-bond acceptors (Lipinski definition) is 3. The van der Waals surface area contributed by atoms with E-state index in [1.165, 1.54) is 0 Å². The predicted octanol–water partition coefficient (Wildman–Crippen LogP) is 2.44. The monoisotopic (exact) mass is 285 g/mol. The Morgan fingerprint density at radius 2 is 2.14 bits per heavy atom. The van der Waals surface area contributed by atoms with Crippen LogP contribution in [-0.2, 0) is 11.3 Å². The maximum absolute atomic E-state index is 12.6. The average Bonchev–Trinajstić information content (AvgIpc) is 2.55. The Morgan fingerprint density at radius 1 is 1.38 bits per heavy atom. The molecule has 1 aromatic rings. The van der Waals surface area contributed by atoms with Crippen LogP contribution in [0, 0.1) is 11.3 Å². The molecule has 2 rings (SSSR count). The van der Waals surface area contributed by atoms with Crippen LogP contribution >= 0.6 is 0 Å². The van der Waals surface area contributed by atoms with Gasteiger partial charge in [0.1, 0.15) is 0 Å². The fraction of sp³-hybridized carbons (Fsp3) is 0.529. The molecule has 1 aliphatic rings. The van der Waals surface area contributed by atoms with Gasteiger partial charge in [-0.1, -0.05) is 25.5 Å². The van der Waals surface area contributed by atoms with E-state index in [0.717, 1.165) is 44.3 Å². The lowest BCUT2D eigenvalue weighted by atomic mass is 10.0. The quantitative estimate of drug-likeness (QED) is 0.904. The molecule has 1 N–H and O–H groups in total. The molecule has 1 aliphatic heterocycles. The Kier molecular flexibility index (Phi) is 5.77. The largest absolute Gasteiger partial charge is 0.337 e. The molecule has 1 aromatic carbocycles. The van der Waals surface area contributed by atoms with Crippen LogP contribution in [0.3, 0.4) is 0 Å². The number of carbonyl (C=O) groups is 1. The highest BCUT2D eigenvalue weighted by Crippen LogP contribution is 2.13. The summed E-state index contributed by atoms with van der Waals surface area (Å²) in [6, 6.07) is 9.58. The van der Waals surface area contributed by atoms with Crippen LogP contribution < -0.4 is 5.32 Å². The van der Waals surface area contributed by atoms with Crippen molar-refractivity contribution < 1.29 is 4.79 Å². The lowest BCUT2D eigenvalue weighted by molar-refractivity contribution is -0.134. The zero-order valence-corrected chi connectivity index (χ0v) is 12.6. The summed E-state index contributed by atoms with van der Waals surface area (Å²) < 4.78 is 0. The van der Waals surface area contributed by atoms with Crippen LogP contribution in [0.25, 0.3) is 0 Å². The maximum atomic E-state index is 12.6. The second-order valence-corrected chi connectivity index (χ2v) is 5.57. The summed E-state index contributed by atoms with van der Waals surface area (Å²) in [6.45, 7) is 4.42. The molecule has 0 bridgehead atoms. The number of nitriles is 1. The molecule has 0 aliphatic carbocycles. The SMILES string of the molecule is CCCN(Cc1ccc(C#N)cc1)C(=O)[C@@H]1CCCCN1. The fourth-order valence-electron chi connectivity index (χ4n) is 2.73. The molecule has 21 heavy (non-hydrogen) atoms. The van der Waals surface area contributed by atoms with E-state index in [-0.39, 0.29) is 11.9 Å². The number of rotatable bonds is 5. The van der Waals surface area contributed by atoms with Crippen LogP contribution in [0.4, 0.5) is 0 Å². The predicted molar refractivity (Wildman–Crippen MR) is 82.5 cm³/mol. The van der Waals surface area contributed by atoms with Gasteiger partial charge in [0.2, 0.25) is 5.91 Å². The number of hydrogen-bond donors (Lipinski definition) is 1. The van der Waals surface area contributed by atoms with Gasteiger partial charge in [-0.3, -0.25) is 4.79 Å². The second kappa shape index (κ2) is 7.80. The molecule has 0 saturated carbocycles. The number of benzene rings is 1. The fourth-order valence-corrected chi connectivity index (χ4v) is 2.73. The van der Waals surface area contributed by atoms with Crippen molar-refractivity contribution in [2.75, 3.05) is 13.1 Å². The summed E-state index contributed by atoms with van der Waals surface area (Å²) >= 11 is 0. The Labute approximate surface area is 126 Å². The zero-order valence-electron chi connectivity index (χ0n) is 12.6. The van der Waals surface area contributed by atoms with Crippen molar-refractivity contribution in [2.24, 2.45) is 0 Å². The Hall–Kier alpha value is -1.86. The first-order chi connectivity index (χ1) is 10.2. The van der Waals surface area contributed by atoms with Crippen molar-refractivity contribution in [1.82, 2.24) is 10.2 Å².